The summed E-state index contributed by atoms with van der Waals surface area (Å²) >= 11 is 0. The molecule has 0 aliphatic rings. The molecule has 10 nitrogen and oxygen atoms in total. The molecule has 0 amide bonds. The van der Waals surface area contributed by atoms with Gasteiger partial charge < -0.3 is 11.1 Å². The van der Waals surface area contributed by atoms with E-state index in [1.54, 1.807) is 43.5 Å². The van der Waals surface area contributed by atoms with Crippen LogP contribution < -0.4 is 16.6 Å². The lowest BCUT2D eigenvalue weighted by molar-refractivity contribution is 0.624. The van der Waals surface area contributed by atoms with Crippen LogP contribution in [0.2, 0.25) is 0 Å². The average molecular weight is 479 g/mol. The van der Waals surface area contributed by atoms with E-state index in [1.807, 2.05) is 6.07 Å². The number of benzene rings is 2. The summed E-state index contributed by atoms with van der Waals surface area (Å²) in [4.78, 5) is 26.8. The lowest BCUT2D eigenvalue weighted by atomic mass is 10.0. The third-order valence-electron chi connectivity index (χ3n) is 5.55. The number of anilines is 2. The van der Waals surface area contributed by atoms with E-state index in [1.165, 1.54) is 35.2 Å². The Kier molecular flexibility index (Phi) is 5.75. The normalized spacial score (nSPS) is 11.7. The van der Waals surface area contributed by atoms with Gasteiger partial charge in [-0.15, -0.1) is 0 Å². The van der Waals surface area contributed by atoms with Crippen molar-refractivity contribution in [3.8, 4) is 22.9 Å². The van der Waals surface area contributed by atoms with Crippen LogP contribution in [0, 0.1) is 17.1 Å². The van der Waals surface area contributed by atoms with Crippen LogP contribution in [-0.2, 0) is 0 Å². The predicted molar refractivity (Wildman–Crippen MR) is 132 cm³/mol. The molecular weight excluding hydrogens is 461 g/mol. The Bertz CT molecular complexity index is 1700. The molecule has 3 aromatic heterocycles. The fourth-order valence-corrected chi connectivity index (χ4v) is 3.95. The maximum absolute atomic E-state index is 14.2. The first kappa shape index (κ1) is 22.5. The summed E-state index contributed by atoms with van der Waals surface area (Å²) < 4.78 is 15.6. The van der Waals surface area contributed by atoms with Gasteiger partial charge in [-0.2, -0.15) is 20.4 Å². The van der Waals surface area contributed by atoms with E-state index < -0.39 is 17.4 Å². The van der Waals surface area contributed by atoms with Gasteiger partial charge in [0.2, 0.25) is 5.95 Å². The van der Waals surface area contributed by atoms with Crippen LogP contribution in [0.25, 0.3) is 27.7 Å². The number of nitriles is 1. The molecule has 0 aliphatic heterocycles. The van der Waals surface area contributed by atoms with E-state index in [4.69, 9.17) is 10.7 Å². The third kappa shape index (κ3) is 4.07. The van der Waals surface area contributed by atoms with E-state index in [9.17, 15) is 14.4 Å². The molecule has 1 unspecified atom stereocenters. The zero-order chi connectivity index (χ0) is 25.2. The second-order valence-electron chi connectivity index (χ2n) is 7.89. The van der Waals surface area contributed by atoms with Crippen LogP contribution in [0.3, 0.4) is 0 Å². The summed E-state index contributed by atoms with van der Waals surface area (Å²) in [5.41, 5.74) is 7.52. The zero-order valence-electron chi connectivity index (χ0n) is 18.9. The average Bonchev–Trinajstić information content (AvgIpc) is 2.89. The molecule has 2 aromatic carbocycles. The largest absolute Gasteiger partial charge is 0.368 e. The molecule has 0 bridgehead atoms. The Morgan fingerprint density at radius 2 is 1.94 bits per heavy atom. The molecule has 0 saturated carbocycles. The van der Waals surface area contributed by atoms with Crippen molar-refractivity contribution in [1.82, 2.24) is 29.7 Å². The fraction of sp³-hybridized carbons (Fsp3) is 0.0800. The summed E-state index contributed by atoms with van der Waals surface area (Å²) in [5, 5.41) is 20.6. The van der Waals surface area contributed by atoms with Crippen LogP contribution in [0.1, 0.15) is 24.4 Å². The molecule has 5 rings (SSSR count). The molecule has 0 fully saturated rings. The molecule has 11 heteroatoms. The van der Waals surface area contributed by atoms with Crippen molar-refractivity contribution in [3.05, 3.63) is 94.7 Å². The molecule has 3 N–H and O–H groups in total. The first-order valence-corrected chi connectivity index (χ1v) is 10.8. The number of nitrogens with zero attached hydrogens (tertiary/aromatic N) is 7. The Morgan fingerprint density at radius 1 is 1.11 bits per heavy atom. The van der Waals surface area contributed by atoms with Gasteiger partial charge in [0.15, 0.2) is 0 Å². The van der Waals surface area contributed by atoms with Crippen molar-refractivity contribution in [2.24, 2.45) is 0 Å². The summed E-state index contributed by atoms with van der Waals surface area (Å²) in [5.74, 6) is -0.0558. The quantitative estimate of drug-likeness (QED) is 0.387. The van der Waals surface area contributed by atoms with Crippen LogP contribution in [-0.4, -0.2) is 29.7 Å². The third-order valence-corrected chi connectivity index (χ3v) is 5.55. The van der Waals surface area contributed by atoms with Crippen LogP contribution in [0.5, 0.6) is 0 Å². The van der Waals surface area contributed by atoms with Crippen molar-refractivity contribution >= 4 is 22.7 Å². The topological polar surface area (TPSA) is 148 Å². The zero-order valence-corrected chi connectivity index (χ0v) is 18.9. The Morgan fingerprint density at radius 3 is 2.69 bits per heavy atom. The molecule has 0 saturated heterocycles. The molecule has 36 heavy (non-hydrogen) atoms. The maximum atomic E-state index is 14.2. The van der Waals surface area contributed by atoms with Crippen molar-refractivity contribution in [2.75, 3.05) is 11.1 Å². The summed E-state index contributed by atoms with van der Waals surface area (Å²) in [7, 11) is 0. The number of rotatable bonds is 5. The highest BCUT2D eigenvalue weighted by molar-refractivity contribution is 5.94. The van der Waals surface area contributed by atoms with Gasteiger partial charge in [0.1, 0.15) is 29.1 Å². The van der Waals surface area contributed by atoms with E-state index in [2.05, 4.69) is 25.5 Å². The highest BCUT2D eigenvalue weighted by Crippen LogP contribution is 2.28. The SMILES string of the molecule is CC(Nc1nc(N)ncc1C#N)c1nc2cccc(-c3ccnnc3)c2c(=O)n1-c1cccc(F)c1. The number of nitrogens with two attached hydrogens (primary N) is 1. The van der Waals surface area contributed by atoms with Gasteiger partial charge in [-0.25, -0.2) is 14.4 Å². The lowest BCUT2D eigenvalue weighted by Gasteiger charge is -2.21. The molecule has 176 valence electrons. The van der Waals surface area contributed by atoms with Gasteiger partial charge in [-0.05, 0) is 42.8 Å². The minimum absolute atomic E-state index is 0.0201. The van der Waals surface area contributed by atoms with Gasteiger partial charge in [-0.3, -0.25) is 9.36 Å². The van der Waals surface area contributed by atoms with Gasteiger partial charge in [0, 0.05) is 5.56 Å². The second-order valence-corrected chi connectivity index (χ2v) is 7.89. The standard InChI is InChI=1S/C25H18FN9O/c1-14(32-22-16(11-27)12-29-25(28)34-22)23-33-20-7-3-6-19(15-8-9-30-31-13-15)21(20)24(36)35(23)18-5-2-4-17(26)10-18/h2-10,12-14H,1H3,(H3,28,29,32,34). The number of hydrogen-bond donors (Lipinski definition) is 2. The predicted octanol–water partition coefficient (Wildman–Crippen LogP) is 3.40. The summed E-state index contributed by atoms with van der Waals surface area (Å²) in [6, 6.07) is 14.1. The molecule has 0 spiro atoms. The number of halogens is 1. The number of nitrogen functional groups attached to an aromatic ring is 1. The molecular formula is C25H18FN9O. The van der Waals surface area contributed by atoms with Crippen molar-refractivity contribution in [2.45, 2.75) is 13.0 Å². The number of nitrogens with one attached hydrogen (secondary N) is 1. The van der Waals surface area contributed by atoms with E-state index in [0.717, 1.165) is 0 Å². The monoisotopic (exact) mass is 479 g/mol. The molecule has 1 atom stereocenters. The van der Waals surface area contributed by atoms with Crippen LogP contribution in [0.15, 0.2) is 71.9 Å². The van der Waals surface area contributed by atoms with Crippen molar-refractivity contribution in [1.29, 1.82) is 5.26 Å². The molecule has 5 aromatic rings. The first-order valence-electron chi connectivity index (χ1n) is 10.8. The van der Waals surface area contributed by atoms with Crippen LogP contribution in [0.4, 0.5) is 16.2 Å². The maximum Gasteiger partial charge on any atom is 0.266 e. The Balaban J connectivity index is 1.76. The summed E-state index contributed by atoms with van der Waals surface area (Å²) in [6.07, 6.45) is 4.40. The molecule has 0 radical (unpaired) electrons. The van der Waals surface area contributed by atoms with E-state index >= 15 is 0 Å². The highest BCUT2D eigenvalue weighted by Gasteiger charge is 2.22. The van der Waals surface area contributed by atoms with Gasteiger partial charge in [0.05, 0.1) is 41.2 Å². The smallest absolute Gasteiger partial charge is 0.266 e. The minimum atomic E-state index is -0.641. The Hall–Kier alpha value is -5.24. The van der Waals surface area contributed by atoms with E-state index in [0.29, 0.717) is 27.7 Å². The van der Waals surface area contributed by atoms with Crippen LogP contribution >= 0.6 is 0 Å². The minimum Gasteiger partial charge on any atom is -0.368 e. The Labute approximate surface area is 203 Å². The molecule has 3 heterocycles. The van der Waals surface area contributed by atoms with Gasteiger partial charge in [-0.1, -0.05) is 18.2 Å². The van der Waals surface area contributed by atoms with E-state index in [-0.39, 0.29) is 23.2 Å². The fourth-order valence-electron chi connectivity index (χ4n) is 3.95. The summed E-state index contributed by atoms with van der Waals surface area (Å²) in [6.45, 7) is 1.75. The van der Waals surface area contributed by atoms with Gasteiger partial charge in [0.25, 0.3) is 5.56 Å². The first-order chi connectivity index (χ1) is 17.5. The number of hydrogen-bond acceptors (Lipinski definition) is 9. The lowest BCUT2D eigenvalue weighted by Crippen LogP contribution is -2.28. The van der Waals surface area contributed by atoms with Crippen molar-refractivity contribution < 1.29 is 4.39 Å². The number of fused-ring (bicyclic) bond motifs is 1. The highest BCUT2D eigenvalue weighted by atomic mass is 19.1. The van der Waals surface area contributed by atoms with Crippen molar-refractivity contribution in [3.63, 3.8) is 0 Å². The number of aromatic nitrogens is 6. The van der Waals surface area contributed by atoms with Gasteiger partial charge >= 0.3 is 0 Å². The molecule has 0 aliphatic carbocycles. The second kappa shape index (κ2) is 9.19.